The summed E-state index contributed by atoms with van der Waals surface area (Å²) in [4.78, 5) is 12.5. The molecule has 2 bridgehead atoms. The molecule has 40 heavy (non-hydrogen) atoms. The minimum absolute atomic E-state index is 0.00965. The normalized spacial score (nSPS) is 27.8. The van der Waals surface area contributed by atoms with Gasteiger partial charge in [-0.15, -0.1) is 0 Å². The van der Waals surface area contributed by atoms with Gasteiger partial charge in [0.1, 0.15) is 6.10 Å². The van der Waals surface area contributed by atoms with E-state index in [9.17, 15) is 41.7 Å². The van der Waals surface area contributed by atoms with Crippen LogP contribution in [0.4, 0.5) is 18.9 Å². The van der Waals surface area contributed by atoms with E-state index in [-0.39, 0.29) is 53.1 Å². The van der Waals surface area contributed by atoms with E-state index in [0.717, 1.165) is 6.07 Å². The molecule has 0 aromatic heterocycles. The number of halogens is 4. The first-order valence-corrected chi connectivity index (χ1v) is 14.7. The first-order chi connectivity index (χ1) is 18.6. The summed E-state index contributed by atoms with van der Waals surface area (Å²) in [7, 11) is -4.09. The number of anilines is 1. The molecule has 13 heteroatoms. The van der Waals surface area contributed by atoms with Crippen molar-refractivity contribution in [2.75, 3.05) is 18.5 Å². The Bertz CT molecular complexity index is 1370. The fourth-order valence-electron chi connectivity index (χ4n) is 5.88. The second-order valence-corrected chi connectivity index (χ2v) is 13.4. The van der Waals surface area contributed by atoms with E-state index in [1.807, 2.05) is 6.92 Å². The lowest BCUT2D eigenvalue weighted by atomic mass is 9.73. The second-order valence-electron chi connectivity index (χ2n) is 10.8. The van der Waals surface area contributed by atoms with Gasteiger partial charge < -0.3 is 25.4 Å². The van der Waals surface area contributed by atoms with Crippen molar-refractivity contribution in [3.63, 3.8) is 0 Å². The lowest BCUT2D eigenvalue weighted by Crippen LogP contribution is -2.52. The molecule has 4 unspecified atom stereocenters. The van der Waals surface area contributed by atoms with Gasteiger partial charge in [-0.25, -0.2) is 21.6 Å². The maximum atomic E-state index is 13.8. The highest BCUT2D eigenvalue weighted by Gasteiger charge is 2.58. The van der Waals surface area contributed by atoms with Crippen molar-refractivity contribution in [1.82, 2.24) is 0 Å². The van der Waals surface area contributed by atoms with E-state index >= 15 is 0 Å². The average molecular weight is 606 g/mol. The van der Waals surface area contributed by atoms with Crippen LogP contribution >= 0.6 is 11.6 Å². The molecule has 1 amide bonds. The fourth-order valence-corrected chi connectivity index (χ4v) is 8.26. The monoisotopic (exact) mass is 605 g/mol. The highest BCUT2D eigenvalue weighted by Crippen LogP contribution is 2.54. The van der Waals surface area contributed by atoms with E-state index in [0.29, 0.717) is 18.6 Å². The number of amides is 1. The van der Waals surface area contributed by atoms with Crippen molar-refractivity contribution in [1.29, 1.82) is 0 Å². The highest BCUT2D eigenvalue weighted by molar-refractivity contribution is 7.92. The molecule has 4 rings (SSSR count). The van der Waals surface area contributed by atoms with Gasteiger partial charge in [-0.1, -0.05) is 18.5 Å². The summed E-state index contributed by atoms with van der Waals surface area (Å²) < 4.78 is 73.4. The van der Waals surface area contributed by atoms with Crippen molar-refractivity contribution in [3.8, 4) is 0 Å². The lowest BCUT2D eigenvalue weighted by molar-refractivity contribution is -0.132. The zero-order valence-corrected chi connectivity index (χ0v) is 23.4. The van der Waals surface area contributed by atoms with Crippen LogP contribution < -0.4 is 5.32 Å². The van der Waals surface area contributed by atoms with Crippen LogP contribution in [0.3, 0.4) is 0 Å². The number of sulfone groups is 1. The minimum Gasteiger partial charge on any atom is -0.391 e. The Hall–Kier alpha value is -2.22. The standard InChI is InChI=1S/C27H31ClF3NO7S/c1-13-5-16-7-18(10-19(13)27(16,36)12-39-11-23(34)14(2)33)40(37,38)24-6-15(3-4-20(24)28)26(35)32-17-8-21(29)25(31)22(30)9-17/h3-4,6,8-9,13-14,16,18-19,23,33-34,36H,5,7,10-12H2,1-2H3,(H,32,35)/t13-,14?,16?,18+,19?,23?,27+/m0/s1. The number of aliphatic hydroxyl groups is 3. The van der Waals surface area contributed by atoms with E-state index < -0.39 is 68.1 Å². The number of hydrogen-bond donors (Lipinski definition) is 4. The van der Waals surface area contributed by atoms with Crippen LogP contribution in [0.15, 0.2) is 35.2 Å². The topological polar surface area (TPSA) is 133 Å². The van der Waals surface area contributed by atoms with E-state index in [1.165, 1.54) is 19.1 Å². The molecular formula is C27H31ClF3NO7S. The van der Waals surface area contributed by atoms with Crippen molar-refractivity contribution in [2.24, 2.45) is 17.8 Å². The van der Waals surface area contributed by atoms with Crippen LogP contribution in [0.25, 0.3) is 0 Å². The van der Waals surface area contributed by atoms with Crippen LogP contribution in [-0.2, 0) is 14.6 Å². The van der Waals surface area contributed by atoms with Gasteiger partial charge in [0.2, 0.25) is 0 Å². The van der Waals surface area contributed by atoms with Crippen molar-refractivity contribution >= 4 is 33.0 Å². The van der Waals surface area contributed by atoms with Crippen LogP contribution in [0, 0.1) is 35.2 Å². The van der Waals surface area contributed by atoms with Gasteiger partial charge in [-0.3, -0.25) is 4.79 Å². The van der Waals surface area contributed by atoms with Gasteiger partial charge in [0.15, 0.2) is 27.3 Å². The Labute approximate surface area is 235 Å². The smallest absolute Gasteiger partial charge is 0.255 e. The fraction of sp³-hybridized carbons (Fsp3) is 0.519. The molecule has 0 saturated heterocycles. The van der Waals surface area contributed by atoms with Crippen molar-refractivity contribution in [2.45, 2.75) is 61.1 Å². The predicted octanol–water partition coefficient (Wildman–Crippen LogP) is 3.71. The summed E-state index contributed by atoms with van der Waals surface area (Å²) in [5.41, 5.74) is -1.82. The summed E-state index contributed by atoms with van der Waals surface area (Å²) in [5.74, 6) is -6.43. The Morgan fingerprint density at radius 3 is 2.40 bits per heavy atom. The van der Waals surface area contributed by atoms with Crippen LogP contribution in [0.5, 0.6) is 0 Å². The lowest BCUT2D eigenvalue weighted by Gasteiger charge is -2.43. The maximum absolute atomic E-state index is 13.8. The second kappa shape index (κ2) is 11.6. The highest BCUT2D eigenvalue weighted by atomic mass is 35.5. The molecule has 0 radical (unpaired) electrons. The van der Waals surface area contributed by atoms with Gasteiger partial charge in [0.25, 0.3) is 5.91 Å². The minimum atomic E-state index is -4.09. The number of fused-ring (bicyclic) bond motifs is 2. The molecule has 0 heterocycles. The zero-order valence-electron chi connectivity index (χ0n) is 21.8. The SMILES string of the molecule is CC(O)C(O)COC[C@@]1(O)C2C[C@@H](S(=O)(=O)c3cc(C(=O)Nc4cc(F)c(F)c(F)c4)ccc3Cl)CC1[C@@H](C)C2. The summed E-state index contributed by atoms with van der Waals surface area (Å²) >= 11 is 6.26. The van der Waals surface area contributed by atoms with Gasteiger partial charge in [-0.2, -0.15) is 0 Å². The van der Waals surface area contributed by atoms with Gasteiger partial charge in [-0.05, 0) is 62.1 Å². The van der Waals surface area contributed by atoms with Crippen molar-refractivity contribution in [3.05, 3.63) is 58.4 Å². The first kappa shape index (κ1) is 30.7. The molecule has 2 saturated carbocycles. The Kier molecular flexibility index (Phi) is 8.89. The van der Waals surface area contributed by atoms with Gasteiger partial charge >= 0.3 is 0 Å². The number of aliphatic hydroxyl groups excluding tert-OH is 2. The average Bonchev–Trinajstić information content (AvgIpc) is 3.00. The molecule has 2 aromatic rings. The Morgan fingerprint density at radius 1 is 1.15 bits per heavy atom. The van der Waals surface area contributed by atoms with Gasteiger partial charge in [0.05, 0.1) is 40.1 Å². The van der Waals surface area contributed by atoms with Crippen LogP contribution in [0.2, 0.25) is 5.02 Å². The van der Waals surface area contributed by atoms with E-state index in [4.69, 9.17) is 16.3 Å². The number of nitrogens with one attached hydrogen (secondary N) is 1. The third-order valence-electron chi connectivity index (χ3n) is 8.12. The number of carbonyl (C=O) groups is 1. The molecule has 7 atom stereocenters. The maximum Gasteiger partial charge on any atom is 0.255 e. The molecular weight excluding hydrogens is 575 g/mol. The summed E-state index contributed by atoms with van der Waals surface area (Å²) in [6.07, 6.45) is -1.34. The number of hydrogen-bond acceptors (Lipinski definition) is 7. The number of ether oxygens (including phenoxy) is 1. The number of rotatable bonds is 9. The Morgan fingerprint density at radius 2 is 1.80 bits per heavy atom. The van der Waals surface area contributed by atoms with Crippen molar-refractivity contribution < 1.29 is 46.4 Å². The first-order valence-electron chi connectivity index (χ1n) is 12.8. The van der Waals surface area contributed by atoms with E-state index in [2.05, 4.69) is 5.32 Å². The molecule has 2 aromatic carbocycles. The molecule has 220 valence electrons. The van der Waals surface area contributed by atoms with Crippen LogP contribution in [-0.4, -0.2) is 65.9 Å². The largest absolute Gasteiger partial charge is 0.391 e. The van der Waals surface area contributed by atoms with E-state index in [1.54, 1.807) is 0 Å². The molecule has 4 N–H and O–H groups in total. The number of carbonyl (C=O) groups excluding carboxylic acids is 1. The molecule has 8 nitrogen and oxygen atoms in total. The summed E-state index contributed by atoms with van der Waals surface area (Å²) in [6, 6.07) is 4.75. The Balaban J connectivity index is 1.53. The third kappa shape index (κ3) is 5.88. The van der Waals surface area contributed by atoms with Crippen LogP contribution in [0.1, 0.15) is 43.5 Å². The molecule has 2 aliphatic carbocycles. The quantitative estimate of drug-likeness (QED) is 0.320. The summed E-state index contributed by atoms with van der Waals surface area (Å²) in [5, 5.41) is 31.9. The van der Waals surface area contributed by atoms with Gasteiger partial charge in [0, 0.05) is 23.4 Å². The third-order valence-corrected chi connectivity index (χ3v) is 10.8. The summed E-state index contributed by atoms with van der Waals surface area (Å²) in [6.45, 7) is 3.03. The predicted molar refractivity (Wildman–Crippen MR) is 140 cm³/mol. The number of benzene rings is 2. The molecule has 2 aliphatic rings. The zero-order chi connectivity index (χ0) is 29.6. The molecule has 0 spiro atoms. The molecule has 0 aliphatic heterocycles. The molecule has 2 fully saturated rings.